The van der Waals surface area contributed by atoms with Gasteiger partial charge >= 0.3 is 5.97 Å². The summed E-state index contributed by atoms with van der Waals surface area (Å²) in [6, 6.07) is 5.78. The van der Waals surface area contributed by atoms with Crippen molar-refractivity contribution in [2.45, 2.75) is 50.9 Å². The van der Waals surface area contributed by atoms with E-state index in [0.717, 1.165) is 18.4 Å². The molecule has 0 bridgehead atoms. The van der Waals surface area contributed by atoms with Gasteiger partial charge in [-0.3, -0.25) is 14.5 Å². The fraction of sp³-hybridized carbons (Fsp3) is 0.480. The number of aromatic nitrogens is 3. The van der Waals surface area contributed by atoms with Crippen molar-refractivity contribution in [3.05, 3.63) is 59.2 Å². The first kappa shape index (κ1) is 25.2. The highest BCUT2D eigenvalue weighted by Crippen LogP contribution is 2.40. The Balaban J connectivity index is 1.61. The fourth-order valence-electron chi connectivity index (χ4n) is 4.41. The van der Waals surface area contributed by atoms with Crippen LogP contribution in [0.4, 0.5) is 4.39 Å². The van der Waals surface area contributed by atoms with Crippen LogP contribution in [0.15, 0.2) is 42.1 Å². The third-order valence-electron chi connectivity index (χ3n) is 6.23. The van der Waals surface area contributed by atoms with Crippen LogP contribution in [0.25, 0.3) is 0 Å². The molecular weight excluding hydrogens is 471 g/mol. The molecule has 2 fully saturated rings. The number of ether oxygens (including phenoxy) is 1. The topological polar surface area (TPSA) is 94.4 Å². The number of Topliss-reactive ketones (excluding diaryl/α,β-unsaturated/α-hetero) is 1. The Hall–Kier alpha value is -2.85. The van der Waals surface area contributed by atoms with Crippen molar-refractivity contribution in [1.82, 2.24) is 19.9 Å². The molecule has 0 spiro atoms. The second kappa shape index (κ2) is 11.3. The lowest BCUT2D eigenvalue weighted by atomic mass is 9.93. The number of halogens is 1. The van der Waals surface area contributed by atoms with Crippen molar-refractivity contribution < 1.29 is 23.5 Å². The van der Waals surface area contributed by atoms with Crippen molar-refractivity contribution in [3.8, 4) is 0 Å². The maximum absolute atomic E-state index is 14.8. The number of benzene rings is 1. The summed E-state index contributed by atoms with van der Waals surface area (Å²) in [4.78, 5) is 39.4. The van der Waals surface area contributed by atoms with Crippen LogP contribution in [0.2, 0.25) is 0 Å². The Kier molecular flexibility index (Phi) is 8.12. The van der Waals surface area contributed by atoms with Crippen LogP contribution in [0, 0.1) is 11.7 Å². The molecule has 1 saturated heterocycles. The molecule has 1 aliphatic carbocycles. The van der Waals surface area contributed by atoms with E-state index in [0.29, 0.717) is 25.1 Å². The van der Waals surface area contributed by atoms with E-state index in [1.165, 1.54) is 35.6 Å². The third-order valence-corrected chi connectivity index (χ3v) is 7.38. The number of esters is 1. The molecule has 2 aromatic rings. The van der Waals surface area contributed by atoms with Crippen molar-refractivity contribution in [3.63, 3.8) is 0 Å². The normalized spacial score (nSPS) is 20.5. The van der Waals surface area contributed by atoms with Crippen LogP contribution >= 0.6 is 11.8 Å². The second-order valence-corrected chi connectivity index (χ2v) is 10.1. The van der Waals surface area contributed by atoms with E-state index in [4.69, 9.17) is 4.74 Å². The maximum Gasteiger partial charge on any atom is 0.358 e. The summed E-state index contributed by atoms with van der Waals surface area (Å²) in [5.74, 6) is -0.879. The zero-order chi connectivity index (χ0) is 24.9. The van der Waals surface area contributed by atoms with Crippen molar-refractivity contribution in [2.75, 3.05) is 19.7 Å². The Morgan fingerprint density at radius 3 is 2.71 bits per heavy atom. The van der Waals surface area contributed by atoms with Gasteiger partial charge in [-0.15, -0.1) is 5.10 Å². The number of carbonyl (C=O) groups is 3. The number of allylic oxidation sites excluding steroid dienone is 1. The Morgan fingerprint density at radius 1 is 1.26 bits per heavy atom. The van der Waals surface area contributed by atoms with E-state index >= 15 is 0 Å². The minimum atomic E-state index is -0.670. The quantitative estimate of drug-likeness (QED) is 0.381. The van der Waals surface area contributed by atoms with Gasteiger partial charge in [0.25, 0.3) is 0 Å². The van der Waals surface area contributed by atoms with Crippen LogP contribution in [-0.4, -0.2) is 61.7 Å². The van der Waals surface area contributed by atoms with Crippen LogP contribution in [0.3, 0.4) is 0 Å². The molecule has 2 unspecified atom stereocenters. The number of likely N-dealkylation sites (tertiary alicyclic amines) is 1. The molecule has 2 atom stereocenters. The lowest BCUT2D eigenvalue weighted by Crippen LogP contribution is -2.43. The predicted octanol–water partition coefficient (Wildman–Crippen LogP) is 3.59. The smallest absolute Gasteiger partial charge is 0.358 e. The highest BCUT2D eigenvalue weighted by atomic mass is 32.2. The Labute approximate surface area is 207 Å². The monoisotopic (exact) mass is 500 g/mol. The van der Waals surface area contributed by atoms with Gasteiger partial charge in [-0.05, 0) is 37.8 Å². The summed E-state index contributed by atoms with van der Waals surface area (Å²) in [6.07, 6.45) is 5.59. The van der Waals surface area contributed by atoms with Gasteiger partial charge in [0.1, 0.15) is 5.82 Å². The van der Waals surface area contributed by atoms with E-state index in [9.17, 15) is 18.8 Å². The number of nitrogens with zero attached hydrogens (tertiary/aromatic N) is 4. The molecule has 4 rings (SSSR count). The lowest BCUT2D eigenvalue weighted by Gasteiger charge is -2.38. The number of thioether (sulfide) groups is 1. The minimum absolute atomic E-state index is 0.00188. The molecule has 0 N–H and O–H groups in total. The summed E-state index contributed by atoms with van der Waals surface area (Å²) in [5.41, 5.74) is 1.56. The molecule has 1 aromatic carbocycles. The molecule has 2 aliphatic rings. The van der Waals surface area contributed by atoms with Gasteiger partial charge in [0.2, 0.25) is 0 Å². The summed E-state index contributed by atoms with van der Waals surface area (Å²) in [6.45, 7) is 4.73. The lowest BCUT2D eigenvalue weighted by molar-refractivity contribution is -0.126. The molecular formula is C25H29FN4O4S. The second-order valence-electron chi connectivity index (χ2n) is 8.76. The van der Waals surface area contributed by atoms with Crippen molar-refractivity contribution >= 4 is 28.6 Å². The largest absolute Gasteiger partial charge is 0.461 e. The number of rotatable bonds is 9. The average molecular weight is 501 g/mol. The zero-order valence-electron chi connectivity index (χ0n) is 19.9. The first-order valence-electron chi connectivity index (χ1n) is 11.8. The SMILES string of the molecule is CCOC(=O)c1cnnn1C/C=C1\CN(C(C(=O)C2CC2)c2ccccc2F)CCC1SC(C)=O. The van der Waals surface area contributed by atoms with Gasteiger partial charge in [0.15, 0.2) is 16.6 Å². The van der Waals surface area contributed by atoms with Gasteiger partial charge in [0.05, 0.1) is 25.4 Å². The molecule has 35 heavy (non-hydrogen) atoms. The van der Waals surface area contributed by atoms with Crippen LogP contribution in [0.5, 0.6) is 0 Å². The third kappa shape index (κ3) is 6.05. The summed E-state index contributed by atoms with van der Waals surface area (Å²) in [5, 5.41) is 7.75. The fourth-order valence-corrected chi connectivity index (χ4v) is 5.36. The van der Waals surface area contributed by atoms with Gasteiger partial charge < -0.3 is 4.74 Å². The minimum Gasteiger partial charge on any atom is -0.461 e. The molecule has 8 nitrogen and oxygen atoms in total. The van der Waals surface area contributed by atoms with Gasteiger partial charge in [-0.2, -0.15) is 0 Å². The van der Waals surface area contributed by atoms with Crippen LogP contribution in [-0.2, 0) is 20.9 Å². The summed E-state index contributed by atoms with van der Waals surface area (Å²) in [7, 11) is 0. The first-order valence-corrected chi connectivity index (χ1v) is 12.7. The number of hydrogen-bond acceptors (Lipinski definition) is 8. The van der Waals surface area contributed by atoms with E-state index in [2.05, 4.69) is 10.3 Å². The Bertz CT molecular complexity index is 1130. The summed E-state index contributed by atoms with van der Waals surface area (Å²) >= 11 is 1.25. The van der Waals surface area contributed by atoms with Crippen LogP contribution in [0.1, 0.15) is 55.2 Å². The highest BCUT2D eigenvalue weighted by Gasteiger charge is 2.41. The predicted molar refractivity (Wildman–Crippen MR) is 129 cm³/mol. The van der Waals surface area contributed by atoms with Crippen molar-refractivity contribution in [1.29, 1.82) is 0 Å². The number of carbonyl (C=O) groups excluding carboxylic acids is 3. The number of hydrogen-bond donors (Lipinski definition) is 0. The first-order chi connectivity index (χ1) is 16.9. The van der Waals surface area contributed by atoms with E-state index in [1.54, 1.807) is 25.1 Å². The Morgan fingerprint density at radius 2 is 2.03 bits per heavy atom. The van der Waals surface area contributed by atoms with E-state index < -0.39 is 12.0 Å². The van der Waals surface area contributed by atoms with Crippen LogP contribution < -0.4 is 0 Å². The average Bonchev–Trinajstić information content (AvgIpc) is 3.57. The van der Waals surface area contributed by atoms with Gasteiger partial charge in [0, 0.05) is 36.7 Å². The van der Waals surface area contributed by atoms with Gasteiger partial charge in [-0.1, -0.05) is 41.3 Å². The van der Waals surface area contributed by atoms with E-state index in [-0.39, 0.29) is 46.7 Å². The molecule has 0 radical (unpaired) electrons. The van der Waals surface area contributed by atoms with E-state index in [1.807, 2.05) is 11.0 Å². The maximum atomic E-state index is 14.8. The molecule has 1 aromatic heterocycles. The molecule has 1 aliphatic heterocycles. The molecule has 1 saturated carbocycles. The molecule has 2 heterocycles. The van der Waals surface area contributed by atoms with Crippen molar-refractivity contribution in [2.24, 2.45) is 5.92 Å². The molecule has 186 valence electrons. The van der Waals surface area contributed by atoms with Gasteiger partial charge in [-0.25, -0.2) is 13.9 Å². The highest BCUT2D eigenvalue weighted by molar-refractivity contribution is 8.14. The molecule has 0 amide bonds. The standard InChI is InChI=1S/C25H29FN4O4S/c1-3-34-25(33)21-14-27-28-30(21)13-10-18-15-29(12-11-22(18)35-16(2)31)23(24(32)17-8-9-17)19-6-4-5-7-20(19)26/h4-7,10,14,17,22-23H,3,8-9,11-13,15H2,1-2H3/b18-10+. The summed E-state index contributed by atoms with van der Waals surface area (Å²) < 4.78 is 21.3. The zero-order valence-corrected chi connectivity index (χ0v) is 20.7. The molecule has 10 heteroatoms. The number of ketones is 1. The number of piperidine rings is 1.